The summed E-state index contributed by atoms with van der Waals surface area (Å²) in [6, 6.07) is 0.940. The molecule has 0 aliphatic carbocycles. The number of ether oxygens (including phenoxy) is 1. The van der Waals surface area contributed by atoms with Crippen molar-refractivity contribution in [2.75, 3.05) is 7.11 Å². The van der Waals surface area contributed by atoms with Gasteiger partial charge in [-0.3, -0.25) is 9.78 Å². The van der Waals surface area contributed by atoms with Crippen molar-refractivity contribution in [2.24, 2.45) is 0 Å². The van der Waals surface area contributed by atoms with E-state index in [4.69, 9.17) is 0 Å². The molecule has 0 radical (unpaired) electrons. The lowest BCUT2D eigenvalue weighted by Crippen LogP contribution is -2.08. The molecule has 6 heteroatoms. The number of halogens is 3. The molecule has 14 heavy (non-hydrogen) atoms. The van der Waals surface area contributed by atoms with E-state index in [-0.39, 0.29) is 5.69 Å². The minimum absolute atomic E-state index is 0.102. The quantitative estimate of drug-likeness (QED) is 0.692. The predicted molar refractivity (Wildman–Crippen MR) is 41.2 cm³/mol. The number of aromatic nitrogens is 1. The maximum Gasteiger partial charge on any atom is 0.421 e. The Morgan fingerprint density at radius 3 is 2.57 bits per heavy atom. The first-order valence-corrected chi connectivity index (χ1v) is 3.55. The van der Waals surface area contributed by atoms with Crippen LogP contribution in [-0.2, 0) is 6.18 Å². The first kappa shape index (κ1) is 10.5. The van der Waals surface area contributed by atoms with Crippen LogP contribution in [0.2, 0.25) is 0 Å². The van der Waals surface area contributed by atoms with Gasteiger partial charge in [-0.1, -0.05) is 0 Å². The topological polar surface area (TPSA) is 39.2 Å². The zero-order valence-corrected chi connectivity index (χ0v) is 7.13. The molecule has 1 heterocycles. The summed E-state index contributed by atoms with van der Waals surface area (Å²) in [6.45, 7) is 0. The van der Waals surface area contributed by atoms with Crippen molar-refractivity contribution in [2.45, 2.75) is 6.18 Å². The van der Waals surface area contributed by atoms with Crippen LogP contribution in [0.25, 0.3) is 0 Å². The summed E-state index contributed by atoms with van der Waals surface area (Å²) in [5.41, 5.74) is -1.10. The number of aldehydes is 1. The molecule has 0 spiro atoms. The van der Waals surface area contributed by atoms with Gasteiger partial charge in [-0.05, 0) is 0 Å². The highest BCUT2D eigenvalue weighted by atomic mass is 19.4. The molecule has 0 aromatic carbocycles. The van der Waals surface area contributed by atoms with Gasteiger partial charge in [0.2, 0.25) is 0 Å². The monoisotopic (exact) mass is 205 g/mol. The van der Waals surface area contributed by atoms with Crippen molar-refractivity contribution in [1.82, 2.24) is 4.98 Å². The predicted octanol–water partition coefficient (Wildman–Crippen LogP) is 1.92. The second kappa shape index (κ2) is 3.65. The third-order valence-corrected chi connectivity index (χ3v) is 1.53. The lowest BCUT2D eigenvalue weighted by Gasteiger charge is -2.10. The zero-order chi connectivity index (χ0) is 10.8. The first-order valence-electron chi connectivity index (χ1n) is 3.55. The molecule has 0 amide bonds. The molecule has 0 N–H and O–H groups in total. The van der Waals surface area contributed by atoms with Crippen LogP contribution >= 0.6 is 0 Å². The van der Waals surface area contributed by atoms with Gasteiger partial charge in [0.1, 0.15) is 17.0 Å². The molecule has 0 atom stereocenters. The van der Waals surface area contributed by atoms with Crippen LogP contribution in [0, 0.1) is 0 Å². The molecular formula is C8H6F3NO2. The molecule has 0 saturated carbocycles. The number of nitrogens with zero attached hydrogens (tertiary/aromatic N) is 1. The Balaban J connectivity index is 3.25. The summed E-state index contributed by atoms with van der Waals surface area (Å²) >= 11 is 0. The van der Waals surface area contributed by atoms with Crippen molar-refractivity contribution >= 4 is 6.29 Å². The third-order valence-electron chi connectivity index (χ3n) is 1.53. The third kappa shape index (κ3) is 2.01. The molecule has 1 rings (SSSR count). The number of carbonyl (C=O) groups is 1. The Bertz CT molecular complexity index is 349. The van der Waals surface area contributed by atoms with Crippen molar-refractivity contribution in [3.63, 3.8) is 0 Å². The Labute approximate surface area is 77.5 Å². The molecule has 0 fully saturated rings. The Morgan fingerprint density at radius 2 is 2.14 bits per heavy atom. The van der Waals surface area contributed by atoms with Gasteiger partial charge in [0.25, 0.3) is 0 Å². The minimum atomic E-state index is -4.53. The van der Waals surface area contributed by atoms with Crippen molar-refractivity contribution in [1.29, 1.82) is 0 Å². The number of hydrogen-bond acceptors (Lipinski definition) is 3. The van der Waals surface area contributed by atoms with Crippen molar-refractivity contribution < 1.29 is 22.7 Å². The SMILES string of the molecule is COc1cc(C=O)ncc1C(F)(F)F. The largest absolute Gasteiger partial charge is 0.496 e. The molecule has 3 nitrogen and oxygen atoms in total. The average molecular weight is 205 g/mol. The highest BCUT2D eigenvalue weighted by Gasteiger charge is 2.34. The number of alkyl halides is 3. The summed E-state index contributed by atoms with van der Waals surface area (Å²) < 4.78 is 41.3. The van der Waals surface area contributed by atoms with E-state index in [9.17, 15) is 18.0 Å². The van der Waals surface area contributed by atoms with Crippen molar-refractivity contribution in [3.05, 3.63) is 23.5 Å². The van der Waals surface area contributed by atoms with Gasteiger partial charge < -0.3 is 4.74 Å². The van der Waals surface area contributed by atoms with E-state index in [2.05, 4.69) is 9.72 Å². The van der Waals surface area contributed by atoms with Gasteiger partial charge in [0.05, 0.1) is 7.11 Å². The lowest BCUT2D eigenvalue weighted by atomic mass is 10.2. The molecule has 1 aromatic rings. The van der Waals surface area contributed by atoms with Crippen LogP contribution in [0.1, 0.15) is 16.1 Å². The van der Waals surface area contributed by atoms with E-state index in [1.165, 1.54) is 0 Å². The van der Waals surface area contributed by atoms with E-state index in [1.807, 2.05) is 0 Å². The minimum Gasteiger partial charge on any atom is -0.496 e. The fourth-order valence-corrected chi connectivity index (χ4v) is 0.898. The van der Waals surface area contributed by atoms with E-state index < -0.39 is 17.5 Å². The highest BCUT2D eigenvalue weighted by molar-refractivity contribution is 5.72. The number of carbonyl (C=O) groups excluding carboxylic acids is 1. The summed E-state index contributed by atoms with van der Waals surface area (Å²) in [4.78, 5) is 13.5. The van der Waals surface area contributed by atoms with Crippen LogP contribution in [0.5, 0.6) is 5.75 Å². The van der Waals surface area contributed by atoms with Gasteiger partial charge in [-0.2, -0.15) is 13.2 Å². The van der Waals surface area contributed by atoms with Gasteiger partial charge in [0.15, 0.2) is 6.29 Å². The van der Waals surface area contributed by atoms with Crippen LogP contribution in [-0.4, -0.2) is 18.4 Å². The Morgan fingerprint density at radius 1 is 1.50 bits per heavy atom. The molecule has 76 valence electrons. The Hall–Kier alpha value is -1.59. The molecule has 0 aliphatic heterocycles. The molecule has 1 aromatic heterocycles. The van der Waals surface area contributed by atoms with E-state index in [0.717, 1.165) is 13.2 Å². The lowest BCUT2D eigenvalue weighted by molar-refractivity contribution is -0.139. The van der Waals surface area contributed by atoms with E-state index >= 15 is 0 Å². The smallest absolute Gasteiger partial charge is 0.421 e. The number of pyridine rings is 1. The molecule has 0 aliphatic rings. The number of rotatable bonds is 2. The fourth-order valence-electron chi connectivity index (χ4n) is 0.898. The van der Waals surface area contributed by atoms with Gasteiger partial charge in [-0.25, -0.2) is 0 Å². The summed E-state index contributed by atoms with van der Waals surface area (Å²) in [6.07, 6.45) is -3.61. The summed E-state index contributed by atoms with van der Waals surface area (Å²) in [5, 5.41) is 0. The van der Waals surface area contributed by atoms with Crippen LogP contribution in [0.3, 0.4) is 0 Å². The molecule has 0 saturated heterocycles. The maximum absolute atomic E-state index is 12.3. The van der Waals surface area contributed by atoms with Gasteiger partial charge in [0, 0.05) is 12.3 Å². The van der Waals surface area contributed by atoms with Gasteiger partial charge in [-0.15, -0.1) is 0 Å². The van der Waals surface area contributed by atoms with Gasteiger partial charge >= 0.3 is 6.18 Å². The maximum atomic E-state index is 12.3. The Kier molecular flexibility index (Phi) is 2.73. The first-order chi connectivity index (χ1) is 6.49. The molecular weight excluding hydrogens is 199 g/mol. The highest BCUT2D eigenvalue weighted by Crippen LogP contribution is 2.35. The second-order valence-electron chi connectivity index (χ2n) is 2.43. The second-order valence-corrected chi connectivity index (χ2v) is 2.43. The normalized spacial score (nSPS) is 11.1. The zero-order valence-electron chi connectivity index (χ0n) is 7.13. The van der Waals surface area contributed by atoms with Crippen LogP contribution in [0.4, 0.5) is 13.2 Å². The standard InChI is InChI=1S/C8H6F3NO2/c1-14-7-2-5(4-13)12-3-6(7)8(9,10)11/h2-4H,1H3. The van der Waals surface area contributed by atoms with Crippen LogP contribution < -0.4 is 4.74 Å². The van der Waals surface area contributed by atoms with E-state index in [1.54, 1.807) is 0 Å². The van der Waals surface area contributed by atoms with E-state index in [0.29, 0.717) is 12.5 Å². The number of hydrogen-bond donors (Lipinski definition) is 0. The van der Waals surface area contributed by atoms with Crippen LogP contribution in [0.15, 0.2) is 12.3 Å². The number of methoxy groups -OCH3 is 1. The summed E-state index contributed by atoms with van der Waals surface area (Å²) in [5.74, 6) is -0.408. The van der Waals surface area contributed by atoms with Crippen molar-refractivity contribution in [3.8, 4) is 5.75 Å². The summed E-state index contributed by atoms with van der Waals surface area (Å²) in [7, 11) is 1.10. The average Bonchev–Trinajstić information content (AvgIpc) is 2.15. The molecule has 0 unspecified atom stereocenters. The molecule has 0 bridgehead atoms. The fraction of sp³-hybridized carbons (Fsp3) is 0.250.